The molecule has 0 amide bonds. The lowest BCUT2D eigenvalue weighted by atomic mass is 10.1. The van der Waals surface area contributed by atoms with Gasteiger partial charge in [0.2, 0.25) is 5.82 Å². The van der Waals surface area contributed by atoms with Crippen molar-refractivity contribution < 1.29 is 13.5 Å². The summed E-state index contributed by atoms with van der Waals surface area (Å²) in [7, 11) is 0. The van der Waals surface area contributed by atoms with Crippen LogP contribution in [0.25, 0.3) is 0 Å². The first-order chi connectivity index (χ1) is 11.0. The Hall–Kier alpha value is -2.29. The van der Waals surface area contributed by atoms with E-state index in [1.54, 1.807) is 4.90 Å². The molecule has 0 aliphatic carbocycles. The van der Waals surface area contributed by atoms with Gasteiger partial charge in [-0.25, -0.2) is 19.3 Å². The Morgan fingerprint density at radius 3 is 2.65 bits per heavy atom. The van der Waals surface area contributed by atoms with E-state index in [0.717, 1.165) is 6.20 Å². The van der Waals surface area contributed by atoms with E-state index in [9.17, 15) is 8.78 Å². The fourth-order valence-electron chi connectivity index (χ4n) is 2.31. The second kappa shape index (κ2) is 6.45. The molecule has 0 unspecified atom stereocenters. The van der Waals surface area contributed by atoms with Crippen molar-refractivity contribution in [3.8, 4) is 6.01 Å². The number of halogens is 3. The molecular formula is C13H13ClF2N6O. The zero-order valence-corrected chi connectivity index (χ0v) is 12.7. The van der Waals surface area contributed by atoms with Crippen LogP contribution in [0, 0.1) is 11.6 Å². The Morgan fingerprint density at radius 1 is 1.22 bits per heavy atom. The summed E-state index contributed by atoms with van der Waals surface area (Å²) in [5.74, 6) is -1.41. The topological polar surface area (TPSA) is 90.1 Å². The van der Waals surface area contributed by atoms with Crippen LogP contribution in [0.2, 0.25) is 5.15 Å². The molecule has 0 bridgehead atoms. The number of anilines is 2. The van der Waals surface area contributed by atoms with Crippen LogP contribution >= 0.6 is 11.6 Å². The van der Waals surface area contributed by atoms with Crippen LogP contribution in [0.4, 0.5) is 20.4 Å². The quantitative estimate of drug-likeness (QED) is 0.851. The number of hydrogen-bond acceptors (Lipinski definition) is 7. The molecule has 1 aliphatic rings. The molecule has 0 saturated carbocycles. The van der Waals surface area contributed by atoms with Crippen LogP contribution in [0.15, 0.2) is 12.5 Å². The number of ether oxygens (including phenoxy) is 1. The van der Waals surface area contributed by atoms with Crippen molar-refractivity contribution >= 4 is 23.2 Å². The minimum atomic E-state index is -0.691. The van der Waals surface area contributed by atoms with Gasteiger partial charge in [-0.15, -0.1) is 0 Å². The summed E-state index contributed by atoms with van der Waals surface area (Å²) in [6, 6.07) is 0.0265. The van der Waals surface area contributed by atoms with Gasteiger partial charge in [-0.2, -0.15) is 9.37 Å². The number of nitrogens with two attached hydrogens (primary N) is 1. The largest absolute Gasteiger partial charge is 0.460 e. The first kappa shape index (κ1) is 15.6. The van der Waals surface area contributed by atoms with E-state index in [1.807, 2.05) is 0 Å². The van der Waals surface area contributed by atoms with E-state index >= 15 is 0 Å². The number of piperidine rings is 1. The first-order valence-corrected chi connectivity index (χ1v) is 7.28. The standard InChI is InChI=1S/C13H13ClF2N6O/c14-10-9(16)12(20-6-19-10)22-3-1-7(2-4-22)23-13-18-5-8(15)11(17)21-13/h5-7H,1-4H2,(H2,17,18,21). The Bertz CT molecular complexity index is 711. The van der Waals surface area contributed by atoms with Crippen molar-refractivity contribution in [3.05, 3.63) is 29.3 Å². The van der Waals surface area contributed by atoms with E-state index in [2.05, 4.69) is 19.9 Å². The molecular weight excluding hydrogens is 330 g/mol. The van der Waals surface area contributed by atoms with Gasteiger partial charge in [0.05, 0.1) is 6.20 Å². The third-order valence-corrected chi connectivity index (χ3v) is 3.75. The van der Waals surface area contributed by atoms with Crippen molar-refractivity contribution in [1.82, 2.24) is 19.9 Å². The van der Waals surface area contributed by atoms with Crippen LogP contribution < -0.4 is 15.4 Å². The minimum Gasteiger partial charge on any atom is -0.460 e. The van der Waals surface area contributed by atoms with Gasteiger partial charge in [0.15, 0.2) is 22.6 Å². The lowest BCUT2D eigenvalue weighted by molar-refractivity contribution is 0.156. The predicted octanol–water partition coefficient (Wildman–Crippen LogP) is 1.83. The Kier molecular flexibility index (Phi) is 4.37. The highest BCUT2D eigenvalue weighted by Crippen LogP contribution is 2.25. The van der Waals surface area contributed by atoms with Crippen molar-refractivity contribution in [2.45, 2.75) is 18.9 Å². The lowest BCUT2D eigenvalue weighted by Gasteiger charge is -2.32. The SMILES string of the molecule is Nc1nc(OC2CCN(c3ncnc(Cl)c3F)CC2)ncc1F. The molecule has 2 N–H and O–H groups in total. The maximum atomic E-state index is 13.9. The molecule has 1 saturated heterocycles. The molecule has 3 heterocycles. The van der Waals surface area contributed by atoms with Gasteiger partial charge < -0.3 is 15.4 Å². The summed E-state index contributed by atoms with van der Waals surface area (Å²) in [5.41, 5.74) is 5.37. The molecule has 7 nitrogen and oxygen atoms in total. The molecule has 23 heavy (non-hydrogen) atoms. The maximum Gasteiger partial charge on any atom is 0.318 e. The van der Waals surface area contributed by atoms with Crippen molar-refractivity contribution in [2.24, 2.45) is 0 Å². The molecule has 2 aromatic rings. The highest BCUT2D eigenvalue weighted by molar-refractivity contribution is 6.29. The summed E-state index contributed by atoms with van der Waals surface area (Å²) >= 11 is 5.66. The first-order valence-electron chi connectivity index (χ1n) is 6.90. The van der Waals surface area contributed by atoms with Gasteiger partial charge >= 0.3 is 6.01 Å². The van der Waals surface area contributed by atoms with Gasteiger partial charge in [-0.05, 0) is 0 Å². The van der Waals surface area contributed by atoms with Crippen LogP contribution in [0.5, 0.6) is 6.01 Å². The predicted molar refractivity (Wildman–Crippen MR) is 79.3 cm³/mol. The highest BCUT2D eigenvalue weighted by Gasteiger charge is 2.25. The summed E-state index contributed by atoms with van der Waals surface area (Å²) in [6.45, 7) is 1.04. The molecule has 0 atom stereocenters. The molecule has 1 aliphatic heterocycles. The number of nitrogen functional groups attached to an aromatic ring is 1. The third-order valence-electron chi connectivity index (χ3n) is 3.49. The zero-order chi connectivity index (χ0) is 16.4. The second-order valence-corrected chi connectivity index (χ2v) is 5.35. The number of rotatable bonds is 3. The molecule has 3 rings (SSSR count). The smallest absolute Gasteiger partial charge is 0.318 e. The summed E-state index contributed by atoms with van der Waals surface area (Å²) in [6.07, 6.45) is 3.21. The maximum absolute atomic E-state index is 13.9. The van der Waals surface area contributed by atoms with Gasteiger partial charge in [0.25, 0.3) is 0 Å². The van der Waals surface area contributed by atoms with Crippen LogP contribution in [0.1, 0.15) is 12.8 Å². The molecule has 0 radical (unpaired) electrons. The average Bonchev–Trinajstić information content (AvgIpc) is 2.55. The molecule has 122 valence electrons. The molecule has 1 fully saturated rings. The molecule has 10 heteroatoms. The van der Waals surface area contributed by atoms with Crippen molar-refractivity contribution in [1.29, 1.82) is 0 Å². The monoisotopic (exact) mass is 342 g/mol. The molecule has 0 aromatic carbocycles. The fourth-order valence-corrected chi connectivity index (χ4v) is 2.44. The summed E-state index contributed by atoms with van der Waals surface area (Å²) in [4.78, 5) is 16.7. The Morgan fingerprint density at radius 2 is 1.96 bits per heavy atom. The van der Waals surface area contributed by atoms with Crippen LogP contribution in [-0.2, 0) is 0 Å². The second-order valence-electron chi connectivity index (χ2n) is 4.99. The van der Waals surface area contributed by atoms with Gasteiger partial charge in [0.1, 0.15) is 12.4 Å². The fraction of sp³-hybridized carbons (Fsp3) is 0.385. The van der Waals surface area contributed by atoms with E-state index in [-0.39, 0.29) is 28.9 Å². The van der Waals surface area contributed by atoms with Crippen molar-refractivity contribution in [2.75, 3.05) is 23.7 Å². The molecule has 0 spiro atoms. The minimum absolute atomic E-state index is 0.0265. The summed E-state index contributed by atoms with van der Waals surface area (Å²) in [5, 5.41) is -0.205. The van der Waals surface area contributed by atoms with Crippen molar-refractivity contribution in [3.63, 3.8) is 0 Å². The Labute approximate surface area is 135 Å². The van der Waals surface area contributed by atoms with Crippen LogP contribution in [0.3, 0.4) is 0 Å². The van der Waals surface area contributed by atoms with E-state index in [4.69, 9.17) is 22.1 Å². The lowest BCUT2D eigenvalue weighted by Crippen LogP contribution is -2.39. The number of nitrogens with zero attached hydrogens (tertiary/aromatic N) is 5. The van der Waals surface area contributed by atoms with Gasteiger partial charge in [0, 0.05) is 25.9 Å². The third kappa shape index (κ3) is 3.39. The Balaban J connectivity index is 1.62. The van der Waals surface area contributed by atoms with Crippen LogP contribution in [-0.4, -0.2) is 39.1 Å². The normalized spacial score (nSPS) is 15.7. The highest BCUT2D eigenvalue weighted by atomic mass is 35.5. The average molecular weight is 343 g/mol. The van der Waals surface area contributed by atoms with E-state index in [1.165, 1.54) is 6.33 Å². The molecule has 2 aromatic heterocycles. The number of aromatic nitrogens is 4. The summed E-state index contributed by atoms with van der Waals surface area (Å²) < 4.78 is 32.5. The zero-order valence-electron chi connectivity index (χ0n) is 11.9. The van der Waals surface area contributed by atoms with Gasteiger partial charge in [-0.3, -0.25) is 0 Å². The van der Waals surface area contributed by atoms with E-state index < -0.39 is 11.6 Å². The van der Waals surface area contributed by atoms with E-state index in [0.29, 0.717) is 25.9 Å². The van der Waals surface area contributed by atoms with Gasteiger partial charge in [-0.1, -0.05) is 11.6 Å². The number of hydrogen-bond donors (Lipinski definition) is 1.